The second kappa shape index (κ2) is 7.54. The Morgan fingerprint density at radius 2 is 2.19 bits per heavy atom. The van der Waals surface area contributed by atoms with Gasteiger partial charge in [-0.2, -0.15) is 4.98 Å². The van der Waals surface area contributed by atoms with Gasteiger partial charge >= 0.3 is 0 Å². The number of benzene rings is 1. The van der Waals surface area contributed by atoms with Gasteiger partial charge in [0, 0.05) is 16.8 Å². The second-order valence-electron chi connectivity index (χ2n) is 5.15. The van der Waals surface area contributed by atoms with Crippen molar-refractivity contribution in [3.8, 4) is 11.5 Å². The molecule has 1 aromatic carbocycles. The second-order valence-corrected chi connectivity index (χ2v) is 6.53. The summed E-state index contributed by atoms with van der Waals surface area (Å²) in [6.45, 7) is 0. The smallest absolute Gasteiger partial charge is 0.258 e. The molecule has 0 spiro atoms. The van der Waals surface area contributed by atoms with Crippen LogP contribution in [0.5, 0.6) is 0 Å². The Kier molecular flexibility index (Phi) is 4.80. The highest BCUT2D eigenvalue weighted by atomic mass is 35.5. The van der Waals surface area contributed by atoms with Crippen LogP contribution in [-0.2, 0) is 5.75 Å². The number of anilines is 1. The predicted molar refractivity (Wildman–Crippen MR) is 97.6 cm³/mol. The van der Waals surface area contributed by atoms with Crippen LogP contribution in [0.2, 0.25) is 5.02 Å². The van der Waals surface area contributed by atoms with E-state index in [1.807, 2.05) is 24.3 Å². The summed E-state index contributed by atoms with van der Waals surface area (Å²) in [5.74, 6) is 1.47. The van der Waals surface area contributed by atoms with Gasteiger partial charge in [0.25, 0.3) is 5.89 Å². The summed E-state index contributed by atoms with van der Waals surface area (Å²) >= 11 is 7.42. The first kappa shape index (κ1) is 16.6. The lowest BCUT2D eigenvalue weighted by Crippen LogP contribution is -2.09. The Labute approximate surface area is 157 Å². The van der Waals surface area contributed by atoms with E-state index in [0.717, 1.165) is 11.3 Å². The van der Waals surface area contributed by atoms with E-state index in [1.54, 1.807) is 35.5 Å². The first-order valence-electron chi connectivity index (χ1n) is 7.56. The monoisotopic (exact) mass is 385 g/mol. The molecule has 0 fully saturated rings. The fourth-order valence-electron chi connectivity index (χ4n) is 2.15. The number of hydrogen-bond acceptors (Lipinski definition) is 8. The molecular weight excluding hydrogens is 374 g/mol. The van der Waals surface area contributed by atoms with Crippen molar-refractivity contribution in [2.75, 3.05) is 5.43 Å². The zero-order valence-electron chi connectivity index (χ0n) is 13.3. The standard InChI is InChI=1S/C16H12ClN7OS/c17-12-4-1-3-11(7-12)15-20-14(23-25-15)9-26-16-21-19-10-24(16)22-13-5-2-6-18-8-13/h1-8,10,22H,9H2. The molecule has 3 aromatic heterocycles. The lowest BCUT2D eigenvalue weighted by atomic mass is 10.2. The van der Waals surface area contributed by atoms with Crippen molar-refractivity contribution >= 4 is 29.1 Å². The number of aromatic nitrogens is 6. The summed E-state index contributed by atoms with van der Waals surface area (Å²) < 4.78 is 7.01. The fraction of sp³-hybridized carbons (Fsp3) is 0.0625. The van der Waals surface area contributed by atoms with Crippen LogP contribution >= 0.6 is 23.4 Å². The van der Waals surface area contributed by atoms with Gasteiger partial charge in [-0.1, -0.05) is 34.6 Å². The van der Waals surface area contributed by atoms with Crippen molar-refractivity contribution in [2.45, 2.75) is 10.9 Å². The van der Waals surface area contributed by atoms with E-state index >= 15 is 0 Å². The third-order valence-corrected chi connectivity index (χ3v) is 4.47. The molecule has 0 saturated heterocycles. The molecule has 10 heteroatoms. The van der Waals surface area contributed by atoms with Gasteiger partial charge in [0.05, 0.1) is 17.6 Å². The topological polar surface area (TPSA) is 94.6 Å². The van der Waals surface area contributed by atoms with Gasteiger partial charge in [-0.25, -0.2) is 4.68 Å². The van der Waals surface area contributed by atoms with E-state index in [4.69, 9.17) is 16.1 Å². The molecule has 0 aliphatic carbocycles. The summed E-state index contributed by atoms with van der Waals surface area (Å²) in [6.07, 6.45) is 5.01. The lowest BCUT2D eigenvalue weighted by Gasteiger charge is -2.07. The Bertz CT molecular complexity index is 1000. The predicted octanol–water partition coefficient (Wildman–Crippen LogP) is 3.54. The number of pyridine rings is 1. The van der Waals surface area contributed by atoms with Crippen LogP contribution in [0.3, 0.4) is 0 Å². The lowest BCUT2D eigenvalue weighted by molar-refractivity contribution is 0.425. The first-order valence-corrected chi connectivity index (χ1v) is 8.93. The highest BCUT2D eigenvalue weighted by molar-refractivity contribution is 7.98. The van der Waals surface area contributed by atoms with E-state index in [1.165, 1.54) is 11.8 Å². The van der Waals surface area contributed by atoms with Gasteiger partial charge in [-0.15, -0.1) is 10.2 Å². The molecule has 0 amide bonds. The van der Waals surface area contributed by atoms with Gasteiger partial charge in [-0.05, 0) is 30.3 Å². The summed E-state index contributed by atoms with van der Waals surface area (Å²) in [6, 6.07) is 11.0. The van der Waals surface area contributed by atoms with Gasteiger partial charge in [0.15, 0.2) is 5.82 Å². The Hall–Kier alpha value is -2.91. The first-order chi connectivity index (χ1) is 12.8. The maximum absolute atomic E-state index is 5.99. The average Bonchev–Trinajstić information content (AvgIpc) is 3.30. The fourth-order valence-corrected chi connectivity index (χ4v) is 3.05. The van der Waals surface area contributed by atoms with Crippen LogP contribution in [0, 0.1) is 0 Å². The molecule has 0 atom stereocenters. The SMILES string of the molecule is Clc1cccc(-c2nc(CSc3nncn3Nc3cccnc3)no2)c1. The highest BCUT2D eigenvalue weighted by Gasteiger charge is 2.12. The molecule has 0 aliphatic heterocycles. The molecule has 3 heterocycles. The van der Waals surface area contributed by atoms with Crippen molar-refractivity contribution in [1.29, 1.82) is 0 Å². The number of nitrogens with one attached hydrogen (secondary N) is 1. The largest absolute Gasteiger partial charge is 0.334 e. The zero-order chi connectivity index (χ0) is 17.8. The Balaban J connectivity index is 1.43. The van der Waals surface area contributed by atoms with Crippen molar-refractivity contribution in [1.82, 2.24) is 30.0 Å². The molecule has 0 aliphatic rings. The summed E-state index contributed by atoms with van der Waals surface area (Å²) in [7, 11) is 0. The Morgan fingerprint density at radius 1 is 1.23 bits per heavy atom. The minimum Gasteiger partial charge on any atom is -0.334 e. The molecular formula is C16H12ClN7OS. The van der Waals surface area contributed by atoms with E-state index in [-0.39, 0.29) is 0 Å². The van der Waals surface area contributed by atoms with Crippen LogP contribution in [0.4, 0.5) is 5.69 Å². The summed E-state index contributed by atoms with van der Waals surface area (Å²) in [4.78, 5) is 8.45. The normalized spacial score (nSPS) is 10.8. The third kappa shape index (κ3) is 3.84. The molecule has 130 valence electrons. The van der Waals surface area contributed by atoms with Crippen LogP contribution in [0.15, 0.2) is 64.8 Å². The molecule has 8 nitrogen and oxygen atoms in total. The van der Waals surface area contributed by atoms with Crippen LogP contribution in [-0.4, -0.2) is 30.0 Å². The highest BCUT2D eigenvalue weighted by Crippen LogP contribution is 2.24. The maximum Gasteiger partial charge on any atom is 0.258 e. The summed E-state index contributed by atoms with van der Waals surface area (Å²) in [5.41, 5.74) is 4.77. The number of rotatable bonds is 6. The minimum absolute atomic E-state index is 0.429. The quantitative estimate of drug-likeness (QED) is 0.503. The molecule has 4 rings (SSSR count). The van der Waals surface area contributed by atoms with E-state index < -0.39 is 0 Å². The van der Waals surface area contributed by atoms with Gasteiger partial charge in [0.1, 0.15) is 6.33 Å². The van der Waals surface area contributed by atoms with Gasteiger partial charge in [-0.3, -0.25) is 10.4 Å². The van der Waals surface area contributed by atoms with Crippen molar-refractivity contribution in [2.24, 2.45) is 0 Å². The minimum atomic E-state index is 0.429. The van der Waals surface area contributed by atoms with E-state index in [2.05, 4.69) is 30.7 Å². The molecule has 0 radical (unpaired) electrons. The zero-order valence-corrected chi connectivity index (χ0v) is 14.9. The van der Waals surface area contributed by atoms with Gasteiger partial charge in [0.2, 0.25) is 5.16 Å². The average molecular weight is 386 g/mol. The number of hydrogen-bond donors (Lipinski definition) is 1. The Morgan fingerprint density at radius 3 is 3.04 bits per heavy atom. The molecule has 4 aromatic rings. The van der Waals surface area contributed by atoms with Crippen molar-refractivity contribution in [3.63, 3.8) is 0 Å². The van der Waals surface area contributed by atoms with Gasteiger partial charge < -0.3 is 4.52 Å². The molecule has 26 heavy (non-hydrogen) atoms. The van der Waals surface area contributed by atoms with Crippen molar-refractivity contribution < 1.29 is 4.52 Å². The van der Waals surface area contributed by atoms with E-state index in [0.29, 0.717) is 27.6 Å². The van der Waals surface area contributed by atoms with Crippen molar-refractivity contribution in [3.05, 3.63) is 66.0 Å². The maximum atomic E-state index is 5.99. The van der Waals surface area contributed by atoms with E-state index in [9.17, 15) is 0 Å². The van der Waals surface area contributed by atoms with Crippen LogP contribution in [0.25, 0.3) is 11.5 Å². The number of nitrogens with zero attached hydrogens (tertiary/aromatic N) is 6. The third-order valence-electron chi connectivity index (χ3n) is 3.30. The molecule has 0 saturated carbocycles. The van der Waals surface area contributed by atoms with Crippen LogP contribution in [0.1, 0.15) is 5.82 Å². The van der Waals surface area contributed by atoms with Crippen LogP contribution < -0.4 is 5.43 Å². The number of halogens is 1. The summed E-state index contributed by atoms with van der Waals surface area (Å²) in [5, 5.41) is 13.3. The molecule has 0 unspecified atom stereocenters. The molecule has 1 N–H and O–H groups in total. The number of thioether (sulfide) groups is 1. The molecule has 0 bridgehead atoms.